The van der Waals surface area contributed by atoms with Gasteiger partial charge in [0.2, 0.25) is 5.91 Å². The van der Waals surface area contributed by atoms with Gasteiger partial charge < -0.3 is 10.2 Å². The fourth-order valence-corrected chi connectivity index (χ4v) is 3.73. The number of thiazole rings is 1. The van der Waals surface area contributed by atoms with Crippen molar-refractivity contribution in [2.75, 3.05) is 11.4 Å². The van der Waals surface area contributed by atoms with Gasteiger partial charge in [0, 0.05) is 34.7 Å². The molecular formula is C15H15BrFN3OS. The van der Waals surface area contributed by atoms with Crippen molar-refractivity contribution in [3.05, 3.63) is 45.6 Å². The molecule has 1 aliphatic rings. The van der Waals surface area contributed by atoms with Gasteiger partial charge in [-0.05, 0) is 31.0 Å². The molecule has 0 spiro atoms. The molecule has 1 atom stereocenters. The third kappa shape index (κ3) is 3.30. The molecule has 1 fully saturated rings. The standard InChI is InChI=1S/C15H15BrFN3OS/c16-11-3-4-12(17)10(8-11)9-19-14(21)13-2-1-6-20(13)15-18-5-7-22-15/h3-5,7-8,13H,1-2,6,9H2,(H,19,21)/t13-/m0/s1. The molecule has 1 aromatic carbocycles. The third-order valence-corrected chi connectivity index (χ3v) is 4.98. The summed E-state index contributed by atoms with van der Waals surface area (Å²) in [5, 5.41) is 5.61. The second-order valence-electron chi connectivity index (χ2n) is 5.12. The van der Waals surface area contributed by atoms with Crippen LogP contribution in [0.15, 0.2) is 34.2 Å². The Balaban J connectivity index is 1.65. The number of benzene rings is 1. The number of rotatable bonds is 4. The van der Waals surface area contributed by atoms with E-state index in [1.54, 1.807) is 18.3 Å². The van der Waals surface area contributed by atoms with Crippen LogP contribution in [0.5, 0.6) is 0 Å². The minimum Gasteiger partial charge on any atom is -0.350 e. The molecule has 22 heavy (non-hydrogen) atoms. The topological polar surface area (TPSA) is 45.2 Å². The summed E-state index contributed by atoms with van der Waals surface area (Å²) in [7, 11) is 0. The van der Waals surface area contributed by atoms with Gasteiger partial charge >= 0.3 is 0 Å². The lowest BCUT2D eigenvalue weighted by Crippen LogP contribution is -2.43. The van der Waals surface area contributed by atoms with Crippen molar-refractivity contribution in [3.8, 4) is 0 Å². The Labute approximate surface area is 140 Å². The molecule has 0 unspecified atom stereocenters. The molecule has 0 bridgehead atoms. The Morgan fingerprint density at radius 1 is 1.55 bits per heavy atom. The minimum absolute atomic E-state index is 0.0768. The molecule has 0 radical (unpaired) electrons. The summed E-state index contributed by atoms with van der Waals surface area (Å²) in [6.45, 7) is 1.02. The molecule has 116 valence electrons. The highest BCUT2D eigenvalue weighted by molar-refractivity contribution is 9.10. The summed E-state index contributed by atoms with van der Waals surface area (Å²) in [6.07, 6.45) is 3.50. The Bertz CT molecular complexity index is 665. The lowest BCUT2D eigenvalue weighted by Gasteiger charge is -2.23. The van der Waals surface area contributed by atoms with Gasteiger partial charge in [-0.25, -0.2) is 9.37 Å². The highest BCUT2D eigenvalue weighted by atomic mass is 79.9. The minimum atomic E-state index is -0.313. The van der Waals surface area contributed by atoms with Crippen LogP contribution in [0.3, 0.4) is 0 Å². The zero-order valence-corrected chi connectivity index (χ0v) is 14.2. The van der Waals surface area contributed by atoms with E-state index < -0.39 is 0 Å². The number of anilines is 1. The molecule has 4 nitrogen and oxygen atoms in total. The van der Waals surface area contributed by atoms with Crippen LogP contribution >= 0.6 is 27.3 Å². The molecule has 1 aliphatic heterocycles. The van der Waals surface area contributed by atoms with Gasteiger partial charge in [0.25, 0.3) is 0 Å². The van der Waals surface area contributed by atoms with E-state index in [1.165, 1.54) is 17.4 Å². The van der Waals surface area contributed by atoms with Crippen LogP contribution in [0.25, 0.3) is 0 Å². The van der Waals surface area contributed by atoms with Crippen LogP contribution in [0.1, 0.15) is 18.4 Å². The van der Waals surface area contributed by atoms with E-state index in [-0.39, 0.29) is 24.3 Å². The fourth-order valence-electron chi connectivity index (χ4n) is 2.60. The van der Waals surface area contributed by atoms with Crippen LogP contribution in [0.4, 0.5) is 9.52 Å². The number of hydrogen-bond donors (Lipinski definition) is 1. The van der Waals surface area contributed by atoms with E-state index in [0.29, 0.717) is 5.56 Å². The number of carbonyl (C=O) groups is 1. The fraction of sp³-hybridized carbons (Fsp3) is 0.333. The summed E-state index contributed by atoms with van der Waals surface area (Å²) in [5.74, 6) is -0.390. The molecule has 1 amide bonds. The molecule has 3 rings (SSSR count). The highest BCUT2D eigenvalue weighted by Gasteiger charge is 2.32. The zero-order chi connectivity index (χ0) is 15.5. The number of nitrogens with zero attached hydrogens (tertiary/aromatic N) is 2. The Hall–Kier alpha value is -1.47. The smallest absolute Gasteiger partial charge is 0.243 e. The highest BCUT2D eigenvalue weighted by Crippen LogP contribution is 2.27. The van der Waals surface area contributed by atoms with Crippen LogP contribution in [-0.4, -0.2) is 23.5 Å². The van der Waals surface area contributed by atoms with Crippen molar-refractivity contribution in [2.24, 2.45) is 0 Å². The Kier molecular flexibility index (Phi) is 4.73. The number of aromatic nitrogens is 1. The van der Waals surface area contributed by atoms with Gasteiger partial charge in [-0.2, -0.15) is 0 Å². The third-order valence-electron chi connectivity index (χ3n) is 3.68. The molecule has 0 saturated carbocycles. The zero-order valence-electron chi connectivity index (χ0n) is 11.8. The lowest BCUT2D eigenvalue weighted by atomic mass is 10.2. The first kappa shape index (κ1) is 15.4. The number of hydrogen-bond acceptors (Lipinski definition) is 4. The first-order valence-corrected chi connectivity index (χ1v) is 8.70. The van der Waals surface area contributed by atoms with Crippen molar-refractivity contribution in [2.45, 2.75) is 25.4 Å². The summed E-state index contributed by atoms with van der Waals surface area (Å²) in [4.78, 5) is 18.7. The van der Waals surface area contributed by atoms with Crippen LogP contribution in [0.2, 0.25) is 0 Å². The predicted molar refractivity (Wildman–Crippen MR) is 88.4 cm³/mol. The number of halogens is 2. The SMILES string of the molecule is O=C(NCc1cc(Br)ccc1F)[C@@H]1CCCN1c1nccs1. The van der Waals surface area contributed by atoms with Gasteiger partial charge in [0.1, 0.15) is 11.9 Å². The van der Waals surface area contributed by atoms with Gasteiger partial charge in [0.15, 0.2) is 5.13 Å². The molecular weight excluding hydrogens is 369 g/mol. The monoisotopic (exact) mass is 383 g/mol. The van der Waals surface area contributed by atoms with Crippen molar-refractivity contribution >= 4 is 38.3 Å². The van der Waals surface area contributed by atoms with E-state index in [9.17, 15) is 9.18 Å². The summed E-state index contributed by atoms with van der Waals surface area (Å²) in [6, 6.07) is 4.50. The molecule has 2 aromatic rings. The second kappa shape index (κ2) is 6.75. The molecule has 1 aromatic heterocycles. The molecule has 1 N–H and O–H groups in total. The summed E-state index contributed by atoms with van der Waals surface area (Å²) < 4.78 is 14.5. The Morgan fingerprint density at radius 3 is 3.18 bits per heavy atom. The maximum Gasteiger partial charge on any atom is 0.243 e. The number of nitrogens with one attached hydrogen (secondary N) is 1. The van der Waals surface area contributed by atoms with Crippen LogP contribution in [0, 0.1) is 5.82 Å². The van der Waals surface area contributed by atoms with Crippen molar-refractivity contribution < 1.29 is 9.18 Å². The lowest BCUT2D eigenvalue weighted by molar-refractivity contribution is -0.122. The Morgan fingerprint density at radius 2 is 2.41 bits per heavy atom. The van der Waals surface area contributed by atoms with E-state index in [0.717, 1.165) is 29.0 Å². The van der Waals surface area contributed by atoms with Gasteiger partial charge in [-0.15, -0.1) is 11.3 Å². The average molecular weight is 384 g/mol. The predicted octanol–water partition coefficient (Wildman–Crippen LogP) is 3.33. The van der Waals surface area contributed by atoms with E-state index in [1.807, 2.05) is 10.3 Å². The second-order valence-corrected chi connectivity index (χ2v) is 6.91. The molecule has 7 heteroatoms. The van der Waals surface area contributed by atoms with Crippen LogP contribution < -0.4 is 10.2 Å². The average Bonchev–Trinajstić information content (AvgIpc) is 3.17. The normalized spacial score (nSPS) is 17.7. The largest absolute Gasteiger partial charge is 0.350 e. The van der Waals surface area contributed by atoms with Crippen molar-refractivity contribution in [1.29, 1.82) is 0 Å². The first-order chi connectivity index (χ1) is 10.6. The summed E-state index contributed by atoms with van der Waals surface area (Å²) >= 11 is 4.84. The van der Waals surface area contributed by atoms with Crippen LogP contribution in [-0.2, 0) is 11.3 Å². The quantitative estimate of drug-likeness (QED) is 0.880. The molecule has 2 heterocycles. The maximum absolute atomic E-state index is 13.7. The van der Waals surface area contributed by atoms with Crippen molar-refractivity contribution in [1.82, 2.24) is 10.3 Å². The van der Waals surface area contributed by atoms with E-state index in [2.05, 4.69) is 26.2 Å². The van der Waals surface area contributed by atoms with E-state index in [4.69, 9.17) is 0 Å². The van der Waals surface area contributed by atoms with Crippen molar-refractivity contribution in [3.63, 3.8) is 0 Å². The van der Waals surface area contributed by atoms with Gasteiger partial charge in [0.05, 0.1) is 0 Å². The molecule has 1 saturated heterocycles. The summed E-state index contributed by atoms with van der Waals surface area (Å²) in [5.41, 5.74) is 0.474. The first-order valence-electron chi connectivity index (χ1n) is 7.03. The van der Waals surface area contributed by atoms with Gasteiger partial charge in [-0.1, -0.05) is 15.9 Å². The number of carbonyl (C=O) groups excluding carboxylic acids is 1. The maximum atomic E-state index is 13.7. The molecule has 0 aliphatic carbocycles. The number of amides is 1. The van der Waals surface area contributed by atoms with Gasteiger partial charge in [-0.3, -0.25) is 4.79 Å². The van der Waals surface area contributed by atoms with E-state index >= 15 is 0 Å².